The van der Waals surface area contributed by atoms with Gasteiger partial charge in [0.2, 0.25) is 0 Å². The molecular formula is C26H30N4O. The van der Waals surface area contributed by atoms with Crippen LogP contribution in [0.2, 0.25) is 0 Å². The van der Waals surface area contributed by atoms with Gasteiger partial charge in [0.25, 0.3) is 5.91 Å². The zero-order valence-electron chi connectivity index (χ0n) is 18.5. The van der Waals surface area contributed by atoms with Crippen LogP contribution in [0, 0.1) is 5.41 Å². The second-order valence-corrected chi connectivity index (χ2v) is 8.87. The lowest BCUT2D eigenvalue weighted by Crippen LogP contribution is -2.27. The second kappa shape index (κ2) is 8.88. The molecule has 0 saturated carbocycles. The normalized spacial score (nSPS) is 17.7. The molecule has 31 heavy (non-hydrogen) atoms. The van der Waals surface area contributed by atoms with Crippen LogP contribution in [0.5, 0.6) is 0 Å². The summed E-state index contributed by atoms with van der Waals surface area (Å²) >= 11 is 0. The van der Waals surface area contributed by atoms with E-state index in [0.717, 1.165) is 42.4 Å². The molecule has 0 saturated heterocycles. The van der Waals surface area contributed by atoms with Gasteiger partial charge >= 0.3 is 0 Å². The number of carbonyl (C=O) groups excluding carboxylic acids is 1. The van der Waals surface area contributed by atoms with Crippen molar-refractivity contribution in [3.63, 3.8) is 0 Å². The molecule has 2 aliphatic rings. The average Bonchev–Trinajstić information content (AvgIpc) is 3.08. The zero-order valence-corrected chi connectivity index (χ0v) is 18.5. The maximum Gasteiger partial charge on any atom is 0.251 e. The fraction of sp³-hybridized carbons (Fsp3) is 0.346. The lowest BCUT2D eigenvalue weighted by atomic mass is 9.91. The summed E-state index contributed by atoms with van der Waals surface area (Å²) in [6.45, 7) is 6.93. The summed E-state index contributed by atoms with van der Waals surface area (Å²) in [5.41, 5.74) is 6.13. The predicted molar refractivity (Wildman–Crippen MR) is 126 cm³/mol. The number of aromatic amines is 1. The highest BCUT2D eigenvalue weighted by atomic mass is 16.1. The first-order valence-corrected chi connectivity index (χ1v) is 11.0. The lowest BCUT2D eigenvalue weighted by Gasteiger charge is -2.17. The molecule has 0 aliphatic heterocycles. The van der Waals surface area contributed by atoms with Crippen LogP contribution in [0.3, 0.4) is 0 Å². The molecule has 5 nitrogen and oxygen atoms in total. The number of amides is 1. The first-order chi connectivity index (χ1) is 14.9. The molecule has 160 valence electrons. The van der Waals surface area contributed by atoms with E-state index in [9.17, 15) is 4.79 Å². The Morgan fingerprint density at radius 3 is 2.84 bits per heavy atom. The van der Waals surface area contributed by atoms with Gasteiger partial charge in [-0.1, -0.05) is 69.2 Å². The molecule has 4 rings (SSSR count). The van der Waals surface area contributed by atoms with Crippen molar-refractivity contribution < 1.29 is 4.79 Å². The number of allylic oxidation sites excluding steroid dienone is 7. The van der Waals surface area contributed by atoms with Gasteiger partial charge in [0.1, 0.15) is 12.0 Å². The average molecular weight is 415 g/mol. The van der Waals surface area contributed by atoms with E-state index in [-0.39, 0.29) is 11.3 Å². The number of hydrogen-bond donors (Lipinski definition) is 2. The molecule has 0 radical (unpaired) electrons. The van der Waals surface area contributed by atoms with Crippen molar-refractivity contribution in [2.75, 3.05) is 6.54 Å². The van der Waals surface area contributed by atoms with Crippen LogP contribution in [0.25, 0.3) is 16.6 Å². The van der Waals surface area contributed by atoms with Crippen molar-refractivity contribution in [3.8, 4) is 0 Å². The van der Waals surface area contributed by atoms with Gasteiger partial charge < -0.3 is 10.3 Å². The summed E-state index contributed by atoms with van der Waals surface area (Å²) in [5.74, 6) is -0.0306. The van der Waals surface area contributed by atoms with E-state index in [0.29, 0.717) is 12.1 Å². The van der Waals surface area contributed by atoms with Gasteiger partial charge in [-0.15, -0.1) is 0 Å². The molecule has 2 aromatic heterocycles. The highest BCUT2D eigenvalue weighted by Gasteiger charge is 2.18. The van der Waals surface area contributed by atoms with E-state index < -0.39 is 0 Å². The summed E-state index contributed by atoms with van der Waals surface area (Å²) in [7, 11) is 0. The molecular weight excluding hydrogens is 384 g/mol. The van der Waals surface area contributed by atoms with Crippen LogP contribution >= 0.6 is 0 Å². The van der Waals surface area contributed by atoms with Gasteiger partial charge in [-0.2, -0.15) is 0 Å². The molecule has 0 aromatic carbocycles. The van der Waals surface area contributed by atoms with E-state index >= 15 is 0 Å². The molecule has 5 heteroatoms. The number of nitrogens with zero attached hydrogens (tertiary/aromatic N) is 2. The number of H-pyrrole nitrogens is 1. The Kier molecular flexibility index (Phi) is 6.03. The number of nitrogens with one attached hydrogen (secondary N) is 2. The summed E-state index contributed by atoms with van der Waals surface area (Å²) in [6, 6.07) is 2.18. The van der Waals surface area contributed by atoms with Crippen LogP contribution in [0.1, 0.15) is 51.4 Å². The number of aromatic nitrogens is 3. The fourth-order valence-electron chi connectivity index (χ4n) is 4.08. The standard InChI is InChI=1S/C26H30N4O/c1-4-7-21-14-22-23(28-17-29-24(22)30-21)19-11-9-18(10-12-19)16-27-25(31)20-8-5-6-13-26(2,3)15-20/h5-6,8-9,11,13-15,17H,4,7,10,12,16H2,1-3H3,(H,27,31)(H,28,29,30). The van der Waals surface area contributed by atoms with Crippen molar-refractivity contribution in [3.05, 3.63) is 77.5 Å². The summed E-state index contributed by atoms with van der Waals surface area (Å²) < 4.78 is 0. The van der Waals surface area contributed by atoms with Crippen molar-refractivity contribution in [2.45, 2.75) is 46.5 Å². The third-order valence-electron chi connectivity index (χ3n) is 5.72. The molecule has 0 unspecified atom stereocenters. The Hall–Kier alpha value is -3.21. The zero-order chi connectivity index (χ0) is 21.8. The maximum absolute atomic E-state index is 12.6. The highest BCUT2D eigenvalue weighted by molar-refractivity contribution is 5.96. The van der Waals surface area contributed by atoms with Crippen LogP contribution in [-0.2, 0) is 11.2 Å². The number of rotatable bonds is 6. The van der Waals surface area contributed by atoms with Gasteiger partial charge in [-0.25, -0.2) is 9.97 Å². The Bertz CT molecular complexity index is 1140. The van der Waals surface area contributed by atoms with Crippen molar-refractivity contribution in [1.82, 2.24) is 20.3 Å². The topological polar surface area (TPSA) is 70.7 Å². The van der Waals surface area contributed by atoms with Crippen LogP contribution in [0.4, 0.5) is 0 Å². The summed E-state index contributed by atoms with van der Waals surface area (Å²) in [6.07, 6.45) is 19.7. The molecule has 2 aliphatic carbocycles. The number of fused-ring (bicyclic) bond motifs is 1. The molecule has 2 N–H and O–H groups in total. The minimum Gasteiger partial charge on any atom is -0.348 e. The fourth-order valence-corrected chi connectivity index (χ4v) is 4.08. The van der Waals surface area contributed by atoms with Gasteiger partial charge in [0.15, 0.2) is 0 Å². The molecule has 0 bridgehead atoms. The second-order valence-electron chi connectivity index (χ2n) is 8.87. The van der Waals surface area contributed by atoms with Crippen molar-refractivity contribution in [2.24, 2.45) is 5.41 Å². The summed E-state index contributed by atoms with van der Waals surface area (Å²) in [4.78, 5) is 25.0. The first-order valence-electron chi connectivity index (χ1n) is 11.0. The van der Waals surface area contributed by atoms with Gasteiger partial charge in [0.05, 0.1) is 5.69 Å². The summed E-state index contributed by atoms with van der Waals surface area (Å²) in [5, 5.41) is 4.16. The largest absolute Gasteiger partial charge is 0.348 e. The monoisotopic (exact) mass is 414 g/mol. The Labute approximate surface area is 183 Å². The third kappa shape index (κ3) is 4.93. The molecule has 0 spiro atoms. The minimum absolute atomic E-state index is 0.0306. The number of hydrogen-bond acceptors (Lipinski definition) is 3. The van der Waals surface area contributed by atoms with Crippen molar-refractivity contribution >= 4 is 22.5 Å². The van der Waals surface area contributed by atoms with Crippen LogP contribution < -0.4 is 5.32 Å². The maximum atomic E-state index is 12.6. The smallest absolute Gasteiger partial charge is 0.251 e. The lowest BCUT2D eigenvalue weighted by molar-refractivity contribution is -0.117. The van der Waals surface area contributed by atoms with Crippen LogP contribution in [-0.4, -0.2) is 27.4 Å². The van der Waals surface area contributed by atoms with E-state index in [2.05, 4.69) is 65.3 Å². The van der Waals surface area contributed by atoms with Gasteiger partial charge in [0, 0.05) is 28.6 Å². The molecule has 0 atom stereocenters. The van der Waals surface area contributed by atoms with Gasteiger partial charge in [-0.05, 0) is 37.0 Å². The quantitative estimate of drug-likeness (QED) is 0.682. The third-order valence-corrected chi connectivity index (χ3v) is 5.72. The Morgan fingerprint density at radius 2 is 2.06 bits per heavy atom. The SMILES string of the molecule is CCCc1cc2c(C3=CC=C(CNC(=O)C4=CC(C)(C)C=CC=C4)CC3)ncnc2[nH]1. The minimum atomic E-state index is -0.129. The highest BCUT2D eigenvalue weighted by Crippen LogP contribution is 2.30. The Balaban J connectivity index is 1.45. The van der Waals surface area contributed by atoms with Crippen molar-refractivity contribution in [1.29, 1.82) is 0 Å². The molecule has 2 heterocycles. The first kappa shape index (κ1) is 21.0. The van der Waals surface area contributed by atoms with E-state index in [1.54, 1.807) is 6.33 Å². The van der Waals surface area contributed by atoms with E-state index in [1.807, 2.05) is 24.3 Å². The number of aryl methyl sites for hydroxylation is 1. The van der Waals surface area contributed by atoms with E-state index in [4.69, 9.17) is 0 Å². The molecule has 1 amide bonds. The number of carbonyl (C=O) groups is 1. The predicted octanol–water partition coefficient (Wildman–Crippen LogP) is 5.21. The molecule has 0 fully saturated rings. The van der Waals surface area contributed by atoms with Crippen LogP contribution in [0.15, 0.2) is 66.1 Å². The Morgan fingerprint density at radius 1 is 1.19 bits per heavy atom. The van der Waals surface area contributed by atoms with Gasteiger partial charge in [-0.3, -0.25) is 4.79 Å². The molecule has 2 aromatic rings. The van der Waals surface area contributed by atoms with E-state index in [1.165, 1.54) is 16.8 Å².